The van der Waals surface area contributed by atoms with Crippen LogP contribution in [0.25, 0.3) is 0 Å². The van der Waals surface area contributed by atoms with Crippen LogP contribution in [0.5, 0.6) is 0 Å². The minimum absolute atomic E-state index is 0.124. The predicted molar refractivity (Wildman–Crippen MR) is 66.0 cm³/mol. The largest absolute Gasteiger partial charge is 0.309 e. The van der Waals surface area contributed by atoms with Gasteiger partial charge in [-0.1, -0.05) is 0 Å². The lowest BCUT2D eigenvalue weighted by molar-refractivity contribution is 0.686. The van der Waals surface area contributed by atoms with E-state index in [9.17, 15) is 0 Å². The molecule has 0 fully saturated rings. The van der Waals surface area contributed by atoms with Crippen LogP contribution in [-0.4, -0.2) is 21.8 Å². The van der Waals surface area contributed by atoms with Crippen molar-refractivity contribution >= 4 is 15.9 Å². The maximum Gasteiger partial charge on any atom is 0.0621 e. The van der Waals surface area contributed by atoms with Crippen molar-refractivity contribution in [2.75, 3.05) is 7.05 Å². The van der Waals surface area contributed by atoms with Crippen LogP contribution in [-0.2, 0) is 7.05 Å². The fraction of sp³-hybridized carbons (Fsp3) is 0.273. The van der Waals surface area contributed by atoms with Crippen molar-refractivity contribution in [3.05, 3.63) is 46.5 Å². The Kier molecular flexibility index (Phi) is 3.36. The molecule has 1 N–H and O–H groups in total. The highest BCUT2D eigenvalue weighted by atomic mass is 79.9. The summed E-state index contributed by atoms with van der Waals surface area (Å²) in [5.41, 5.74) is 2.25. The van der Waals surface area contributed by atoms with Crippen molar-refractivity contribution in [2.24, 2.45) is 7.05 Å². The van der Waals surface area contributed by atoms with E-state index in [4.69, 9.17) is 0 Å². The van der Waals surface area contributed by atoms with Gasteiger partial charge in [-0.3, -0.25) is 9.67 Å². The number of rotatable bonds is 3. The van der Waals surface area contributed by atoms with Crippen LogP contribution >= 0.6 is 15.9 Å². The molecule has 0 aliphatic carbocycles. The zero-order valence-electron chi connectivity index (χ0n) is 9.18. The van der Waals surface area contributed by atoms with E-state index < -0.39 is 0 Å². The molecule has 84 valence electrons. The summed E-state index contributed by atoms with van der Waals surface area (Å²) in [6, 6.07) is 2.18. The second-order valence-electron chi connectivity index (χ2n) is 3.61. The molecule has 0 bridgehead atoms. The SMILES string of the molecule is CNC(c1cncc(Br)c1)c1cnn(C)c1. The number of aryl methyl sites for hydroxylation is 1. The van der Waals surface area contributed by atoms with Gasteiger partial charge in [0.25, 0.3) is 0 Å². The number of nitrogens with zero attached hydrogens (tertiary/aromatic N) is 3. The quantitative estimate of drug-likeness (QED) is 0.934. The van der Waals surface area contributed by atoms with E-state index in [0.717, 1.165) is 15.6 Å². The second kappa shape index (κ2) is 4.76. The third-order valence-corrected chi connectivity index (χ3v) is 2.84. The van der Waals surface area contributed by atoms with Crippen LogP contribution in [0.3, 0.4) is 0 Å². The highest BCUT2D eigenvalue weighted by Gasteiger charge is 2.13. The van der Waals surface area contributed by atoms with Crippen molar-refractivity contribution in [1.29, 1.82) is 0 Å². The van der Waals surface area contributed by atoms with Crippen LogP contribution in [0, 0.1) is 0 Å². The molecule has 0 amide bonds. The molecule has 2 rings (SSSR count). The Morgan fingerprint density at radius 1 is 1.31 bits per heavy atom. The van der Waals surface area contributed by atoms with Crippen molar-refractivity contribution in [3.8, 4) is 0 Å². The third kappa shape index (κ3) is 2.31. The van der Waals surface area contributed by atoms with Crippen LogP contribution in [0.15, 0.2) is 35.3 Å². The molecular formula is C11H13BrN4. The Bertz CT molecular complexity index is 480. The summed E-state index contributed by atoms with van der Waals surface area (Å²) in [5.74, 6) is 0. The van der Waals surface area contributed by atoms with Crippen LogP contribution < -0.4 is 5.32 Å². The van der Waals surface area contributed by atoms with E-state index in [1.165, 1.54) is 0 Å². The lowest BCUT2D eigenvalue weighted by atomic mass is 10.0. The second-order valence-corrected chi connectivity index (χ2v) is 4.52. The van der Waals surface area contributed by atoms with Gasteiger partial charge in [0.15, 0.2) is 0 Å². The first-order valence-electron chi connectivity index (χ1n) is 4.97. The van der Waals surface area contributed by atoms with E-state index in [-0.39, 0.29) is 6.04 Å². The number of hydrogen-bond acceptors (Lipinski definition) is 3. The molecule has 0 saturated carbocycles. The standard InChI is InChI=1S/C11H13BrN4/c1-13-11(9-5-15-16(2)7-9)8-3-10(12)6-14-4-8/h3-7,11,13H,1-2H3. The van der Waals surface area contributed by atoms with Gasteiger partial charge in [0.2, 0.25) is 0 Å². The first kappa shape index (κ1) is 11.3. The summed E-state index contributed by atoms with van der Waals surface area (Å²) < 4.78 is 2.78. The monoisotopic (exact) mass is 280 g/mol. The minimum Gasteiger partial charge on any atom is -0.309 e. The number of hydrogen-bond donors (Lipinski definition) is 1. The van der Waals surface area contributed by atoms with Gasteiger partial charge in [0.1, 0.15) is 0 Å². The average molecular weight is 281 g/mol. The normalized spacial score (nSPS) is 12.7. The van der Waals surface area contributed by atoms with E-state index in [1.54, 1.807) is 10.9 Å². The van der Waals surface area contributed by atoms with Crippen molar-refractivity contribution in [2.45, 2.75) is 6.04 Å². The number of pyridine rings is 1. The molecule has 16 heavy (non-hydrogen) atoms. The molecule has 4 nitrogen and oxygen atoms in total. The van der Waals surface area contributed by atoms with E-state index in [1.807, 2.05) is 32.7 Å². The molecule has 2 aromatic rings. The fourth-order valence-electron chi connectivity index (χ4n) is 1.70. The molecule has 1 unspecified atom stereocenters. The molecule has 0 aromatic carbocycles. The molecule has 2 heterocycles. The lowest BCUT2D eigenvalue weighted by Crippen LogP contribution is -2.17. The van der Waals surface area contributed by atoms with Gasteiger partial charge >= 0.3 is 0 Å². The smallest absolute Gasteiger partial charge is 0.0621 e. The fourth-order valence-corrected chi connectivity index (χ4v) is 2.08. The van der Waals surface area contributed by atoms with E-state index in [2.05, 4.69) is 37.4 Å². The topological polar surface area (TPSA) is 42.7 Å². The van der Waals surface area contributed by atoms with Crippen molar-refractivity contribution in [3.63, 3.8) is 0 Å². The van der Waals surface area contributed by atoms with Gasteiger partial charge in [-0.15, -0.1) is 0 Å². The molecule has 0 radical (unpaired) electrons. The van der Waals surface area contributed by atoms with Crippen LogP contribution in [0.2, 0.25) is 0 Å². The summed E-state index contributed by atoms with van der Waals surface area (Å²) in [4.78, 5) is 4.17. The average Bonchev–Trinajstić information content (AvgIpc) is 2.66. The Morgan fingerprint density at radius 3 is 2.69 bits per heavy atom. The first-order valence-corrected chi connectivity index (χ1v) is 5.76. The Hall–Kier alpha value is -1.20. The van der Waals surface area contributed by atoms with Crippen LogP contribution in [0.1, 0.15) is 17.2 Å². The molecule has 1 atom stereocenters. The molecule has 0 aliphatic rings. The number of nitrogens with one attached hydrogen (secondary N) is 1. The summed E-state index contributed by atoms with van der Waals surface area (Å²) >= 11 is 3.43. The van der Waals surface area contributed by atoms with Gasteiger partial charge in [0.05, 0.1) is 12.2 Å². The maximum absolute atomic E-state index is 4.18. The summed E-state index contributed by atoms with van der Waals surface area (Å²) in [5, 5.41) is 7.44. The molecule has 0 spiro atoms. The summed E-state index contributed by atoms with van der Waals surface area (Å²) in [6.45, 7) is 0. The molecule has 2 aromatic heterocycles. The van der Waals surface area contributed by atoms with Gasteiger partial charge in [-0.2, -0.15) is 5.10 Å². The van der Waals surface area contributed by atoms with Gasteiger partial charge in [-0.05, 0) is 34.6 Å². The number of halogens is 1. The van der Waals surface area contributed by atoms with Gasteiger partial charge in [0, 0.05) is 35.7 Å². The lowest BCUT2D eigenvalue weighted by Gasteiger charge is -2.14. The maximum atomic E-state index is 4.18. The Morgan fingerprint density at radius 2 is 2.12 bits per heavy atom. The summed E-state index contributed by atoms with van der Waals surface area (Å²) in [6.07, 6.45) is 7.50. The summed E-state index contributed by atoms with van der Waals surface area (Å²) in [7, 11) is 3.84. The Labute approximate surface area is 103 Å². The zero-order valence-corrected chi connectivity index (χ0v) is 10.8. The third-order valence-electron chi connectivity index (χ3n) is 2.41. The zero-order chi connectivity index (χ0) is 11.5. The van der Waals surface area contributed by atoms with E-state index in [0.29, 0.717) is 0 Å². The van der Waals surface area contributed by atoms with Crippen LogP contribution in [0.4, 0.5) is 0 Å². The molecule has 5 heteroatoms. The van der Waals surface area contributed by atoms with Crippen molar-refractivity contribution in [1.82, 2.24) is 20.1 Å². The predicted octanol–water partition coefficient (Wildman–Crippen LogP) is 1.89. The van der Waals surface area contributed by atoms with Crippen molar-refractivity contribution < 1.29 is 0 Å². The Balaban J connectivity index is 2.36. The molecule has 0 aliphatic heterocycles. The highest BCUT2D eigenvalue weighted by molar-refractivity contribution is 9.10. The van der Waals surface area contributed by atoms with Gasteiger partial charge < -0.3 is 5.32 Å². The van der Waals surface area contributed by atoms with E-state index >= 15 is 0 Å². The minimum atomic E-state index is 0.124. The first-order chi connectivity index (χ1) is 7.70. The molecule has 0 saturated heterocycles. The highest BCUT2D eigenvalue weighted by Crippen LogP contribution is 2.22. The van der Waals surface area contributed by atoms with Gasteiger partial charge in [-0.25, -0.2) is 0 Å². The number of aromatic nitrogens is 3. The molecular weight excluding hydrogens is 268 g/mol.